The Morgan fingerprint density at radius 1 is 1.09 bits per heavy atom. The predicted octanol–water partition coefficient (Wildman–Crippen LogP) is 4.20. The van der Waals surface area contributed by atoms with Gasteiger partial charge in [-0.2, -0.15) is 4.98 Å². The molecule has 35 heavy (non-hydrogen) atoms. The lowest BCUT2D eigenvalue weighted by Crippen LogP contribution is -2.44. The number of allylic oxidation sites excluding steroid dienone is 1. The number of nitrogens with one attached hydrogen (secondary N) is 1. The van der Waals surface area contributed by atoms with Crippen LogP contribution in [0.4, 0.5) is 17.3 Å². The van der Waals surface area contributed by atoms with Crippen molar-refractivity contribution >= 4 is 34.2 Å². The fourth-order valence-electron chi connectivity index (χ4n) is 3.87. The maximum atomic E-state index is 11.7. The molecule has 5 rings (SSSR count). The maximum absolute atomic E-state index is 11.7. The van der Waals surface area contributed by atoms with Crippen LogP contribution in [0.25, 0.3) is 11.1 Å². The number of anilines is 3. The van der Waals surface area contributed by atoms with E-state index in [4.69, 9.17) is 9.15 Å². The summed E-state index contributed by atoms with van der Waals surface area (Å²) in [5.41, 5.74) is 3.65. The van der Waals surface area contributed by atoms with Gasteiger partial charge in [0.1, 0.15) is 5.52 Å². The van der Waals surface area contributed by atoms with Crippen LogP contribution in [0.5, 0.6) is 11.8 Å². The standard InChI is InChI=1S/C26H26N6O3/c1-3-21(33)17-19-5-4-6-23(27-19)35-25-24-22(11-16-34-24)29-26(30-25)28-18-7-9-20(10-8-18)32-14-12-31(2)13-15-32/h3-11,16H,1,12-15,17H2,2H3,(H,28,29,30). The molecule has 9 nitrogen and oxygen atoms in total. The van der Waals surface area contributed by atoms with Gasteiger partial charge in [-0.3, -0.25) is 4.79 Å². The highest BCUT2D eigenvalue weighted by Gasteiger charge is 2.16. The molecular weight excluding hydrogens is 444 g/mol. The van der Waals surface area contributed by atoms with Crippen molar-refractivity contribution in [3.05, 3.63) is 73.1 Å². The van der Waals surface area contributed by atoms with Gasteiger partial charge >= 0.3 is 0 Å². The molecule has 1 N–H and O–H groups in total. The molecule has 9 heteroatoms. The zero-order valence-corrected chi connectivity index (χ0v) is 19.5. The normalized spacial score (nSPS) is 14.1. The molecule has 4 heterocycles. The predicted molar refractivity (Wildman–Crippen MR) is 134 cm³/mol. The van der Waals surface area contributed by atoms with Crippen LogP contribution in [0, 0.1) is 0 Å². The molecule has 178 valence electrons. The molecular formula is C26H26N6O3. The second kappa shape index (κ2) is 9.94. The molecule has 1 fully saturated rings. The van der Waals surface area contributed by atoms with Gasteiger partial charge in [0.2, 0.25) is 17.4 Å². The number of pyridine rings is 1. The lowest BCUT2D eigenvalue weighted by Gasteiger charge is -2.34. The van der Waals surface area contributed by atoms with E-state index in [0.29, 0.717) is 28.6 Å². The maximum Gasteiger partial charge on any atom is 0.270 e. The number of carbonyl (C=O) groups is 1. The van der Waals surface area contributed by atoms with Crippen molar-refractivity contribution < 1.29 is 13.9 Å². The van der Waals surface area contributed by atoms with E-state index in [9.17, 15) is 4.79 Å². The Kier molecular flexibility index (Phi) is 6.40. The van der Waals surface area contributed by atoms with E-state index in [0.717, 1.165) is 31.9 Å². The molecule has 1 saturated heterocycles. The Hall–Kier alpha value is -4.24. The number of hydrogen-bond donors (Lipinski definition) is 1. The van der Waals surface area contributed by atoms with Crippen molar-refractivity contribution in [2.45, 2.75) is 6.42 Å². The SMILES string of the molecule is C=CC(=O)Cc1cccc(Oc2nc(Nc3ccc(N4CCN(C)CC4)cc3)nc3ccoc23)n1. The number of piperazine rings is 1. The van der Waals surface area contributed by atoms with Crippen LogP contribution in [0.2, 0.25) is 0 Å². The molecule has 1 aromatic carbocycles. The van der Waals surface area contributed by atoms with Gasteiger partial charge in [0.05, 0.1) is 18.4 Å². The van der Waals surface area contributed by atoms with Gasteiger partial charge in [-0.25, -0.2) is 9.97 Å². The van der Waals surface area contributed by atoms with Gasteiger partial charge in [-0.05, 0) is 43.5 Å². The first-order chi connectivity index (χ1) is 17.1. The largest absolute Gasteiger partial charge is 0.457 e. The lowest BCUT2D eigenvalue weighted by molar-refractivity contribution is -0.114. The molecule has 0 bridgehead atoms. The summed E-state index contributed by atoms with van der Waals surface area (Å²) in [7, 11) is 2.15. The second-order valence-corrected chi connectivity index (χ2v) is 8.37. The third-order valence-electron chi connectivity index (χ3n) is 5.83. The first-order valence-electron chi connectivity index (χ1n) is 11.4. The molecule has 0 amide bonds. The number of rotatable bonds is 8. The van der Waals surface area contributed by atoms with Crippen LogP contribution in [-0.2, 0) is 11.2 Å². The molecule has 3 aromatic heterocycles. The van der Waals surface area contributed by atoms with E-state index in [1.54, 1.807) is 24.3 Å². The monoisotopic (exact) mass is 470 g/mol. The van der Waals surface area contributed by atoms with Crippen LogP contribution in [-0.4, -0.2) is 58.9 Å². The highest BCUT2D eigenvalue weighted by Crippen LogP contribution is 2.30. The molecule has 1 aliphatic rings. The number of nitrogens with zero attached hydrogens (tertiary/aromatic N) is 5. The van der Waals surface area contributed by atoms with Gasteiger partial charge in [-0.15, -0.1) is 0 Å². The van der Waals surface area contributed by atoms with Crippen molar-refractivity contribution in [1.82, 2.24) is 19.9 Å². The fraction of sp³-hybridized carbons (Fsp3) is 0.231. The summed E-state index contributed by atoms with van der Waals surface area (Å²) in [6.07, 6.45) is 2.96. The number of ketones is 1. The van der Waals surface area contributed by atoms with Gasteiger partial charge < -0.3 is 24.3 Å². The molecule has 0 spiro atoms. The second-order valence-electron chi connectivity index (χ2n) is 8.37. The molecule has 0 aliphatic carbocycles. The topological polar surface area (TPSA) is 96.6 Å². The zero-order valence-electron chi connectivity index (χ0n) is 19.5. The summed E-state index contributed by atoms with van der Waals surface area (Å²) >= 11 is 0. The highest BCUT2D eigenvalue weighted by molar-refractivity contribution is 5.90. The molecule has 0 saturated carbocycles. The van der Waals surface area contributed by atoms with Gasteiger partial charge in [0, 0.05) is 49.7 Å². The first kappa shape index (κ1) is 22.5. The number of aromatic nitrogens is 3. The van der Waals surface area contributed by atoms with Crippen molar-refractivity contribution in [3.63, 3.8) is 0 Å². The molecule has 1 aliphatic heterocycles. The van der Waals surface area contributed by atoms with E-state index in [1.807, 2.05) is 12.1 Å². The quantitative estimate of drug-likeness (QED) is 0.380. The van der Waals surface area contributed by atoms with Crippen molar-refractivity contribution in [3.8, 4) is 11.8 Å². The van der Waals surface area contributed by atoms with Crippen LogP contribution < -0.4 is 15.0 Å². The number of hydrogen-bond acceptors (Lipinski definition) is 9. The van der Waals surface area contributed by atoms with Crippen LogP contribution in [0.1, 0.15) is 5.69 Å². The Morgan fingerprint density at radius 2 is 1.89 bits per heavy atom. The van der Waals surface area contributed by atoms with Gasteiger partial charge in [-0.1, -0.05) is 12.6 Å². The van der Waals surface area contributed by atoms with Crippen LogP contribution in [0.15, 0.2) is 71.9 Å². The van der Waals surface area contributed by atoms with E-state index < -0.39 is 0 Å². The zero-order chi connectivity index (χ0) is 24.2. The Balaban J connectivity index is 1.35. The lowest BCUT2D eigenvalue weighted by atomic mass is 10.2. The van der Waals surface area contributed by atoms with E-state index >= 15 is 0 Å². The van der Waals surface area contributed by atoms with Crippen LogP contribution in [0.3, 0.4) is 0 Å². The highest BCUT2D eigenvalue weighted by atomic mass is 16.5. The summed E-state index contributed by atoms with van der Waals surface area (Å²) in [6, 6.07) is 15.2. The number of fused-ring (bicyclic) bond motifs is 1. The third kappa shape index (κ3) is 5.30. The van der Waals surface area contributed by atoms with Crippen molar-refractivity contribution in [2.75, 3.05) is 43.4 Å². The Morgan fingerprint density at radius 3 is 2.66 bits per heavy atom. The van der Waals surface area contributed by atoms with Crippen molar-refractivity contribution in [1.29, 1.82) is 0 Å². The summed E-state index contributed by atoms with van der Waals surface area (Å²) in [5.74, 6) is 0.795. The number of benzene rings is 1. The Bertz CT molecular complexity index is 1340. The van der Waals surface area contributed by atoms with Gasteiger partial charge in [0.15, 0.2) is 5.78 Å². The minimum absolute atomic E-state index is 0.116. The summed E-state index contributed by atoms with van der Waals surface area (Å²) in [6.45, 7) is 7.65. The van der Waals surface area contributed by atoms with E-state index in [-0.39, 0.29) is 18.1 Å². The number of furan rings is 1. The number of ether oxygens (including phenoxy) is 1. The minimum Gasteiger partial charge on any atom is -0.457 e. The average molecular weight is 471 g/mol. The van der Waals surface area contributed by atoms with Crippen LogP contribution >= 0.6 is 0 Å². The first-order valence-corrected chi connectivity index (χ1v) is 11.4. The minimum atomic E-state index is -0.116. The molecule has 0 unspecified atom stereocenters. The number of carbonyl (C=O) groups excluding carboxylic acids is 1. The molecule has 4 aromatic rings. The summed E-state index contributed by atoms with van der Waals surface area (Å²) in [4.78, 5) is 29.8. The summed E-state index contributed by atoms with van der Waals surface area (Å²) < 4.78 is 11.5. The third-order valence-corrected chi connectivity index (χ3v) is 5.83. The average Bonchev–Trinajstić information content (AvgIpc) is 3.34. The van der Waals surface area contributed by atoms with E-state index in [1.165, 1.54) is 18.0 Å². The fourth-order valence-corrected chi connectivity index (χ4v) is 3.87. The summed E-state index contributed by atoms with van der Waals surface area (Å²) in [5, 5.41) is 3.25. The Labute approximate surface area is 203 Å². The smallest absolute Gasteiger partial charge is 0.270 e. The number of likely N-dealkylation sites (N-methyl/N-ethyl adjacent to an activating group) is 1. The van der Waals surface area contributed by atoms with Crippen molar-refractivity contribution in [2.24, 2.45) is 0 Å². The molecule has 0 radical (unpaired) electrons. The molecule has 0 atom stereocenters. The van der Waals surface area contributed by atoms with Gasteiger partial charge in [0.25, 0.3) is 5.88 Å². The van der Waals surface area contributed by atoms with E-state index in [2.05, 4.69) is 55.8 Å².